The van der Waals surface area contributed by atoms with Crippen molar-refractivity contribution in [2.24, 2.45) is 0 Å². The van der Waals surface area contributed by atoms with E-state index in [0.717, 1.165) is 29.7 Å². The van der Waals surface area contributed by atoms with Gasteiger partial charge in [0, 0.05) is 12.7 Å². The molecule has 1 aromatic rings. The Morgan fingerprint density at radius 2 is 2.47 bits per heavy atom. The van der Waals surface area contributed by atoms with E-state index < -0.39 is 0 Å². The second kappa shape index (κ2) is 4.49. The van der Waals surface area contributed by atoms with E-state index in [1.165, 1.54) is 5.56 Å². The number of hydrogen-bond acceptors (Lipinski definition) is 3. The molecular formula is C11H15BrN2O. The molecule has 2 rings (SSSR count). The topological polar surface area (TPSA) is 36.4 Å². The van der Waals surface area contributed by atoms with Gasteiger partial charge in [-0.2, -0.15) is 0 Å². The zero-order valence-electron chi connectivity index (χ0n) is 8.78. The first-order valence-corrected chi connectivity index (χ1v) is 6.02. The minimum Gasteiger partial charge on any atom is -0.394 e. The molecule has 0 aliphatic carbocycles. The molecule has 15 heavy (non-hydrogen) atoms. The van der Waals surface area contributed by atoms with Crippen molar-refractivity contribution in [3.63, 3.8) is 0 Å². The van der Waals surface area contributed by atoms with Crippen LogP contribution in [-0.2, 0) is 0 Å². The Balaban J connectivity index is 2.32. The highest BCUT2D eigenvalue weighted by Gasteiger charge is 2.26. The maximum atomic E-state index is 9.27. The number of aliphatic hydroxyl groups is 1. The van der Waals surface area contributed by atoms with E-state index in [-0.39, 0.29) is 12.6 Å². The number of anilines is 1. The molecule has 0 radical (unpaired) electrons. The summed E-state index contributed by atoms with van der Waals surface area (Å²) in [5, 5.41) is 9.27. The van der Waals surface area contributed by atoms with E-state index in [2.05, 4.69) is 32.7 Å². The van der Waals surface area contributed by atoms with E-state index in [4.69, 9.17) is 0 Å². The molecule has 0 spiro atoms. The molecule has 0 aromatic carbocycles. The molecule has 4 heteroatoms. The highest BCUT2D eigenvalue weighted by Crippen LogP contribution is 2.31. The molecule has 1 aliphatic rings. The van der Waals surface area contributed by atoms with E-state index >= 15 is 0 Å². The van der Waals surface area contributed by atoms with Crippen molar-refractivity contribution in [2.75, 3.05) is 18.1 Å². The van der Waals surface area contributed by atoms with Crippen molar-refractivity contribution in [2.45, 2.75) is 25.8 Å². The third-order valence-electron chi connectivity index (χ3n) is 2.92. The molecule has 1 saturated heterocycles. The Bertz CT molecular complexity index is 356. The lowest BCUT2D eigenvalue weighted by Gasteiger charge is -2.25. The smallest absolute Gasteiger partial charge is 0.143 e. The van der Waals surface area contributed by atoms with Gasteiger partial charge in [0.05, 0.1) is 17.1 Å². The van der Waals surface area contributed by atoms with Crippen LogP contribution in [0.15, 0.2) is 16.7 Å². The van der Waals surface area contributed by atoms with E-state index in [1.807, 2.05) is 12.3 Å². The van der Waals surface area contributed by atoms with Crippen LogP contribution in [0.4, 0.5) is 5.82 Å². The van der Waals surface area contributed by atoms with Gasteiger partial charge in [0.25, 0.3) is 0 Å². The Labute approximate surface area is 98.3 Å². The number of pyridine rings is 1. The summed E-state index contributed by atoms with van der Waals surface area (Å²) < 4.78 is 1.05. The molecule has 0 amide bonds. The van der Waals surface area contributed by atoms with Gasteiger partial charge in [0.15, 0.2) is 0 Å². The summed E-state index contributed by atoms with van der Waals surface area (Å²) in [7, 11) is 0. The molecule has 1 atom stereocenters. The molecule has 1 aliphatic heterocycles. The van der Waals surface area contributed by atoms with Crippen molar-refractivity contribution in [1.29, 1.82) is 0 Å². The minimum absolute atomic E-state index is 0.210. The predicted molar refractivity (Wildman–Crippen MR) is 64.1 cm³/mol. The lowest BCUT2D eigenvalue weighted by Crippen LogP contribution is -2.33. The summed E-state index contributed by atoms with van der Waals surface area (Å²) in [6.45, 7) is 3.25. The summed E-state index contributed by atoms with van der Waals surface area (Å²) in [5.74, 6) is 0.964. The van der Waals surface area contributed by atoms with Crippen LogP contribution in [0.1, 0.15) is 18.4 Å². The number of nitrogens with zero attached hydrogens (tertiary/aromatic N) is 2. The van der Waals surface area contributed by atoms with Gasteiger partial charge in [-0.25, -0.2) is 4.98 Å². The second-order valence-corrected chi connectivity index (χ2v) is 4.73. The number of aromatic nitrogens is 1. The molecule has 0 saturated carbocycles. The molecule has 2 heterocycles. The Kier molecular flexibility index (Phi) is 3.26. The highest BCUT2D eigenvalue weighted by molar-refractivity contribution is 9.10. The maximum absolute atomic E-state index is 9.27. The van der Waals surface area contributed by atoms with Crippen LogP contribution in [0.5, 0.6) is 0 Å². The molecular weight excluding hydrogens is 256 g/mol. The number of halogens is 1. The van der Waals surface area contributed by atoms with Crippen LogP contribution >= 0.6 is 15.9 Å². The van der Waals surface area contributed by atoms with Crippen LogP contribution in [0.2, 0.25) is 0 Å². The van der Waals surface area contributed by atoms with Gasteiger partial charge in [-0.3, -0.25) is 0 Å². The molecule has 1 unspecified atom stereocenters. The van der Waals surface area contributed by atoms with Gasteiger partial charge in [-0.05, 0) is 47.3 Å². The SMILES string of the molecule is Cc1ccnc(N2CCCC2CO)c1Br. The van der Waals surface area contributed by atoms with Crippen molar-refractivity contribution >= 4 is 21.7 Å². The van der Waals surface area contributed by atoms with Crippen LogP contribution in [0.3, 0.4) is 0 Å². The van der Waals surface area contributed by atoms with Crippen LogP contribution in [-0.4, -0.2) is 29.3 Å². The Morgan fingerprint density at radius 3 is 3.20 bits per heavy atom. The summed E-state index contributed by atoms with van der Waals surface area (Å²) in [6, 6.07) is 2.22. The zero-order valence-corrected chi connectivity index (χ0v) is 10.4. The Morgan fingerprint density at radius 1 is 1.67 bits per heavy atom. The van der Waals surface area contributed by atoms with Gasteiger partial charge in [0.2, 0.25) is 0 Å². The summed E-state index contributed by atoms with van der Waals surface area (Å²) >= 11 is 3.56. The zero-order chi connectivity index (χ0) is 10.8. The van der Waals surface area contributed by atoms with Crippen LogP contribution < -0.4 is 4.90 Å². The third-order valence-corrected chi connectivity index (χ3v) is 3.90. The second-order valence-electron chi connectivity index (χ2n) is 3.94. The molecule has 1 N–H and O–H groups in total. The highest BCUT2D eigenvalue weighted by atomic mass is 79.9. The van der Waals surface area contributed by atoms with Gasteiger partial charge in [0.1, 0.15) is 5.82 Å². The van der Waals surface area contributed by atoms with Gasteiger partial charge in [-0.1, -0.05) is 0 Å². The average molecular weight is 271 g/mol. The summed E-state index contributed by atoms with van der Waals surface area (Å²) in [4.78, 5) is 6.58. The average Bonchev–Trinajstić information content (AvgIpc) is 2.70. The lowest BCUT2D eigenvalue weighted by molar-refractivity contribution is 0.266. The monoisotopic (exact) mass is 270 g/mol. The molecule has 0 bridgehead atoms. The van der Waals surface area contributed by atoms with Crippen LogP contribution in [0.25, 0.3) is 0 Å². The minimum atomic E-state index is 0.210. The van der Waals surface area contributed by atoms with Gasteiger partial charge >= 0.3 is 0 Å². The summed E-state index contributed by atoms with van der Waals surface area (Å²) in [5.41, 5.74) is 1.18. The van der Waals surface area contributed by atoms with E-state index in [1.54, 1.807) is 0 Å². The normalized spacial score (nSPS) is 21.0. The molecule has 82 valence electrons. The quantitative estimate of drug-likeness (QED) is 0.895. The van der Waals surface area contributed by atoms with Crippen LogP contribution in [0, 0.1) is 6.92 Å². The van der Waals surface area contributed by atoms with Gasteiger partial charge < -0.3 is 10.0 Å². The number of rotatable bonds is 2. The first-order chi connectivity index (χ1) is 7.24. The Hall–Kier alpha value is -0.610. The first kappa shape index (κ1) is 10.9. The van der Waals surface area contributed by atoms with Crippen molar-refractivity contribution in [3.8, 4) is 0 Å². The van der Waals surface area contributed by atoms with Crippen molar-refractivity contribution < 1.29 is 5.11 Å². The summed E-state index contributed by atoms with van der Waals surface area (Å²) in [6.07, 6.45) is 4.01. The number of aliphatic hydroxyl groups excluding tert-OH is 1. The fourth-order valence-corrected chi connectivity index (χ4v) is 2.49. The predicted octanol–water partition coefficient (Wildman–Crippen LogP) is 2.11. The maximum Gasteiger partial charge on any atom is 0.143 e. The van der Waals surface area contributed by atoms with Crippen molar-refractivity contribution in [3.05, 3.63) is 22.3 Å². The largest absolute Gasteiger partial charge is 0.394 e. The molecule has 3 nitrogen and oxygen atoms in total. The van der Waals surface area contributed by atoms with E-state index in [9.17, 15) is 5.11 Å². The fraction of sp³-hybridized carbons (Fsp3) is 0.545. The lowest BCUT2D eigenvalue weighted by atomic mass is 10.2. The number of hydrogen-bond donors (Lipinski definition) is 1. The fourth-order valence-electron chi connectivity index (χ4n) is 2.03. The van der Waals surface area contributed by atoms with E-state index in [0.29, 0.717) is 0 Å². The third kappa shape index (κ3) is 2.01. The standard InChI is InChI=1S/C11H15BrN2O/c1-8-4-5-13-11(10(8)12)14-6-2-3-9(14)7-15/h4-5,9,15H,2-3,6-7H2,1H3. The number of aryl methyl sites for hydroxylation is 1. The van der Waals surface area contributed by atoms with Gasteiger partial charge in [-0.15, -0.1) is 0 Å². The van der Waals surface area contributed by atoms with Crippen molar-refractivity contribution in [1.82, 2.24) is 4.98 Å². The molecule has 1 fully saturated rings. The first-order valence-electron chi connectivity index (χ1n) is 5.22. The molecule has 1 aromatic heterocycles.